The highest BCUT2D eigenvalue weighted by Crippen LogP contribution is 2.27. The Morgan fingerprint density at radius 2 is 1.50 bits per heavy atom. The lowest BCUT2D eigenvalue weighted by Crippen LogP contribution is -2.19. The van der Waals surface area contributed by atoms with Gasteiger partial charge in [-0.15, -0.1) is 0 Å². The number of benzene rings is 3. The van der Waals surface area contributed by atoms with E-state index in [-0.39, 0.29) is 5.69 Å². The van der Waals surface area contributed by atoms with Crippen molar-refractivity contribution in [2.24, 2.45) is 0 Å². The van der Waals surface area contributed by atoms with E-state index in [0.29, 0.717) is 5.69 Å². The maximum absolute atomic E-state index is 13.2. The van der Waals surface area contributed by atoms with Crippen LogP contribution < -0.4 is 10.6 Å². The molecule has 0 saturated carbocycles. The number of carbonyl (C=O) groups is 1. The van der Waals surface area contributed by atoms with Gasteiger partial charge < -0.3 is 15.7 Å². The van der Waals surface area contributed by atoms with Gasteiger partial charge in [0, 0.05) is 5.39 Å². The van der Waals surface area contributed by atoms with E-state index < -0.39 is 17.6 Å². The Labute approximate surface area is 126 Å². The Hall–Kier alpha value is -3.08. The molecule has 0 aliphatic heterocycles. The van der Waals surface area contributed by atoms with Crippen LogP contribution in [-0.4, -0.2) is 11.1 Å². The zero-order valence-corrected chi connectivity index (χ0v) is 11.5. The standard InChI is InChI=1S/C17H13FN2O2/c18-13-8-4-10-15(16(13)21)20-17(22)19-14-9-3-6-11-5-1-2-7-12(11)14/h1-10,21H,(H2,19,20,22). The van der Waals surface area contributed by atoms with Crippen molar-refractivity contribution in [2.75, 3.05) is 10.6 Å². The van der Waals surface area contributed by atoms with Crippen LogP contribution in [0.15, 0.2) is 60.7 Å². The first-order chi connectivity index (χ1) is 10.6. The summed E-state index contributed by atoms with van der Waals surface area (Å²) < 4.78 is 13.2. The summed E-state index contributed by atoms with van der Waals surface area (Å²) in [6.45, 7) is 0. The van der Waals surface area contributed by atoms with Gasteiger partial charge in [0.1, 0.15) is 0 Å². The number of anilines is 2. The average Bonchev–Trinajstić information content (AvgIpc) is 2.52. The van der Waals surface area contributed by atoms with Crippen molar-refractivity contribution in [1.82, 2.24) is 0 Å². The van der Waals surface area contributed by atoms with Gasteiger partial charge >= 0.3 is 6.03 Å². The van der Waals surface area contributed by atoms with E-state index in [1.54, 1.807) is 6.07 Å². The zero-order valence-electron chi connectivity index (χ0n) is 11.5. The Morgan fingerprint density at radius 3 is 2.36 bits per heavy atom. The third-order valence-electron chi connectivity index (χ3n) is 3.27. The highest BCUT2D eigenvalue weighted by Gasteiger charge is 2.10. The zero-order chi connectivity index (χ0) is 15.5. The third-order valence-corrected chi connectivity index (χ3v) is 3.27. The van der Waals surface area contributed by atoms with E-state index in [0.717, 1.165) is 16.8 Å². The number of hydrogen-bond donors (Lipinski definition) is 3. The minimum absolute atomic E-state index is 0.0118. The second-order valence-electron chi connectivity index (χ2n) is 4.74. The van der Waals surface area contributed by atoms with Crippen LogP contribution in [0.1, 0.15) is 0 Å². The van der Waals surface area contributed by atoms with E-state index in [1.807, 2.05) is 36.4 Å². The molecule has 0 saturated heterocycles. The lowest BCUT2D eigenvalue weighted by Gasteiger charge is -2.11. The molecule has 3 aromatic carbocycles. The number of amides is 2. The van der Waals surface area contributed by atoms with Crippen LogP contribution in [0.3, 0.4) is 0 Å². The van der Waals surface area contributed by atoms with Crippen LogP contribution in [0.2, 0.25) is 0 Å². The molecule has 0 bridgehead atoms. The number of phenolic OH excluding ortho intramolecular Hbond substituents is 1. The molecule has 2 amide bonds. The second kappa shape index (κ2) is 5.73. The van der Waals surface area contributed by atoms with Gasteiger partial charge in [0.2, 0.25) is 0 Å². The lowest BCUT2D eigenvalue weighted by molar-refractivity contribution is 0.262. The van der Waals surface area contributed by atoms with Gasteiger partial charge in [-0.2, -0.15) is 0 Å². The molecule has 3 aromatic rings. The first-order valence-electron chi connectivity index (χ1n) is 6.68. The number of carbonyl (C=O) groups excluding carboxylic acids is 1. The van der Waals surface area contributed by atoms with Crippen molar-refractivity contribution in [2.45, 2.75) is 0 Å². The summed E-state index contributed by atoms with van der Waals surface area (Å²) in [5, 5.41) is 16.6. The minimum atomic E-state index is -0.789. The molecule has 0 aromatic heterocycles. The van der Waals surface area contributed by atoms with Crippen LogP contribution in [-0.2, 0) is 0 Å². The van der Waals surface area contributed by atoms with E-state index in [2.05, 4.69) is 10.6 Å². The monoisotopic (exact) mass is 296 g/mol. The van der Waals surface area contributed by atoms with Gasteiger partial charge in [0.25, 0.3) is 0 Å². The molecule has 0 fully saturated rings. The Bertz CT molecular complexity index is 844. The molecule has 0 atom stereocenters. The first-order valence-corrected chi connectivity index (χ1v) is 6.68. The predicted octanol–water partition coefficient (Wildman–Crippen LogP) is 4.33. The van der Waals surface area contributed by atoms with E-state index >= 15 is 0 Å². The molecule has 0 aliphatic rings. The predicted molar refractivity (Wildman–Crippen MR) is 84.7 cm³/mol. The van der Waals surface area contributed by atoms with Gasteiger partial charge in [-0.1, -0.05) is 42.5 Å². The number of nitrogens with one attached hydrogen (secondary N) is 2. The highest BCUT2D eigenvalue weighted by atomic mass is 19.1. The summed E-state index contributed by atoms with van der Waals surface area (Å²) in [7, 11) is 0. The van der Waals surface area contributed by atoms with E-state index in [4.69, 9.17) is 0 Å². The van der Waals surface area contributed by atoms with Crippen LogP contribution in [0.25, 0.3) is 10.8 Å². The largest absolute Gasteiger partial charge is 0.503 e. The van der Waals surface area contributed by atoms with Crippen molar-refractivity contribution in [1.29, 1.82) is 0 Å². The van der Waals surface area contributed by atoms with Crippen molar-refractivity contribution in [3.05, 3.63) is 66.5 Å². The summed E-state index contributed by atoms with van der Waals surface area (Å²) in [6.07, 6.45) is 0. The molecule has 0 aliphatic carbocycles. The first kappa shape index (κ1) is 13.9. The quantitative estimate of drug-likeness (QED) is 0.616. The summed E-state index contributed by atoms with van der Waals surface area (Å²) in [6, 6.07) is 16.5. The van der Waals surface area contributed by atoms with E-state index in [9.17, 15) is 14.3 Å². The minimum Gasteiger partial charge on any atom is -0.503 e. The summed E-state index contributed by atoms with van der Waals surface area (Å²) >= 11 is 0. The van der Waals surface area contributed by atoms with Crippen LogP contribution in [0.5, 0.6) is 5.75 Å². The summed E-state index contributed by atoms with van der Waals surface area (Å²) in [5.41, 5.74) is 0.643. The molecule has 3 N–H and O–H groups in total. The number of fused-ring (bicyclic) bond motifs is 1. The molecule has 0 radical (unpaired) electrons. The Kier molecular flexibility index (Phi) is 3.62. The SMILES string of the molecule is O=C(Nc1cccc(F)c1O)Nc1cccc2ccccc12. The topological polar surface area (TPSA) is 61.4 Å². The number of para-hydroxylation sites is 1. The highest BCUT2D eigenvalue weighted by molar-refractivity contribution is 6.06. The molecule has 3 rings (SSSR count). The molecular weight excluding hydrogens is 283 g/mol. The second-order valence-corrected chi connectivity index (χ2v) is 4.74. The number of urea groups is 1. The maximum atomic E-state index is 13.2. The molecule has 22 heavy (non-hydrogen) atoms. The fraction of sp³-hybridized carbons (Fsp3) is 0. The van der Waals surface area contributed by atoms with Crippen molar-refractivity contribution >= 4 is 28.2 Å². The van der Waals surface area contributed by atoms with Gasteiger partial charge in [0.05, 0.1) is 11.4 Å². The third kappa shape index (κ3) is 2.69. The molecule has 0 spiro atoms. The van der Waals surface area contributed by atoms with Gasteiger partial charge in [-0.3, -0.25) is 0 Å². The number of phenols is 1. The van der Waals surface area contributed by atoms with Crippen molar-refractivity contribution < 1.29 is 14.3 Å². The molecule has 110 valence electrons. The number of halogens is 1. The summed E-state index contributed by atoms with van der Waals surface area (Å²) in [4.78, 5) is 12.0. The van der Waals surface area contributed by atoms with Crippen LogP contribution in [0.4, 0.5) is 20.6 Å². The lowest BCUT2D eigenvalue weighted by atomic mass is 10.1. The van der Waals surface area contributed by atoms with Crippen molar-refractivity contribution in [3.8, 4) is 5.75 Å². The smallest absolute Gasteiger partial charge is 0.323 e. The van der Waals surface area contributed by atoms with Gasteiger partial charge in [0.15, 0.2) is 11.6 Å². The molecule has 0 unspecified atom stereocenters. The normalized spacial score (nSPS) is 10.4. The molecule has 5 heteroatoms. The summed E-state index contributed by atoms with van der Waals surface area (Å²) in [5.74, 6) is -1.38. The van der Waals surface area contributed by atoms with E-state index in [1.165, 1.54) is 12.1 Å². The molecule has 4 nitrogen and oxygen atoms in total. The number of aromatic hydroxyl groups is 1. The average molecular weight is 296 g/mol. The van der Waals surface area contributed by atoms with Crippen LogP contribution in [0, 0.1) is 5.82 Å². The molecule has 0 heterocycles. The maximum Gasteiger partial charge on any atom is 0.323 e. The fourth-order valence-corrected chi connectivity index (χ4v) is 2.23. The van der Waals surface area contributed by atoms with Gasteiger partial charge in [-0.05, 0) is 23.6 Å². The Morgan fingerprint density at radius 1 is 0.864 bits per heavy atom. The van der Waals surface area contributed by atoms with Crippen molar-refractivity contribution in [3.63, 3.8) is 0 Å². The molecular formula is C17H13FN2O2. The fourth-order valence-electron chi connectivity index (χ4n) is 2.23. The van der Waals surface area contributed by atoms with Crippen LogP contribution >= 0.6 is 0 Å². The Balaban J connectivity index is 1.83. The number of hydrogen-bond acceptors (Lipinski definition) is 2. The number of rotatable bonds is 2. The van der Waals surface area contributed by atoms with Gasteiger partial charge in [-0.25, -0.2) is 9.18 Å².